The Morgan fingerprint density at radius 1 is 0.789 bits per heavy atom. The molecule has 0 fully saturated rings. The van der Waals surface area contributed by atoms with E-state index < -0.39 is 0 Å². The van der Waals surface area contributed by atoms with Crippen molar-refractivity contribution in [2.75, 3.05) is 19.8 Å². The third-order valence-electron chi connectivity index (χ3n) is 2.96. The van der Waals surface area contributed by atoms with E-state index in [1.165, 1.54) is 19.3 Å². The molecule has 108 valence electrons. The quantitative estimate of drug-likeness (QED) is 0.619. The Morgan fingerprint density at radius 2 is 1.32 bits per heavy atom. The molecule has 0 atom stereocenters. The lowest BCUT2D eigenvalue weighted by molar-refractivity contribution is 0.280. The Morgan fingerprint density at radius 3 is 1.89 bits per heavy atom. The van der Waals surface area contributed by atoms with E-state index in [9.17, 15) is 0 Å². The van der Waals surface area contributed by atoms with Gasteiger partial charge in [-0.3, -0.25) is 0 Å². The molecule has 3 nitrogen and oxygen atoms in total. The molecular weight excluding hydrogens is 240 g/mol. The van der Waals surface area contributed by atoms with Crippen LogP contribution < -0.4 is 9.47 Å². The molecule has 1 rings (SSSR count). The first kappa shape index (κ1) is 15.8. The van der Waals surface area contributed by atoms with E-state index >= 15 is 0 Å². The molecule has 3 heteroatoms. The molecule has 1 aromatic rings. The number of aliphatic hydroxyl groups excluding tert-OH is 1. The molecule has 0 aliphatic heterocycles. The molecule has 0 aliphatic rings. The molecule has 0 heterocycles. The van der Waals surface area contributed by atoms with Gasteiger partial charge in [-0.2, -0.15) is 0 Å². The van der Waals surface area contributed by atoms with Crippen molar-refractivity contribution in [1.82, 2.24) is 0 Å². The average molecular weight is 266 g/mol. The summed E-state index contributed by atoms with van der Waals surface area (Å²) in [5.74, 6) is 1.79. The number of unbranched alkanes of at least 4 members (excludes halogenated alkanes) is 5. The normalized spacial score (nSPS) is 10.4. The summed E-state index contributed by atoms with van der Waals surface area (Å²) in [7, 11) is 0. The van der Waals surface area contributed by atoms with Crippen LogP contribution in [0.3, 0.4) is 0 Å². The number of aliphatic hydroxyl groups is 1. The summed E-state index contributed by atoms with van der Waals surface area (Å²) in [5, 5.41) is 8.66. The SMILES string of the molecule is CCOc1ccc(OCCCCCCCCO)cc1. The summed E-state index contributed by atoms with van der Waals surface area (Å²) in [4.78, 5) is 0. The van der Waals surface area contributed by atoms with Gasteiger partial charge in [-0.15, -0.1) is 0 Å². The van der Waals surface area contributed by atoms with Crippen LogP contribution in [0.5, 0.6) is 11.5 Å². The fourth-order valence-electron chi connectivity index (χ4n) is 1.91. The van der Waals surface area contributed by atoms with Gasteiger partial charge in [0.15, 0.2) is 0 Å². The molecule has 0 unspecified atom stereocenters. The van der Waals surface area contributed by atoms with Crippen LogP contribution in [0.2, 0.25) is 0 Å². The Hall–Kier alpha value is -1.22. The van der Waals surface area contributed by atoms with Crippen molar-refractivity contribution in [3.8, 4) is 11.5 Å². The van der Waals surface area contributed by atoms with E-state index in [4.69, 9.17) is 14.6 Å². The van der Waals surface area contributed by atoms with Crippen molar-refractivity contribution >= 4 is 0 Å². The molecule has 0 spiro atoms. The number of rotatable bonds is 11. The van der Waals surface area contributed by atoms with Gasteiger partial charge in [0.25, 0.3) is 0 Å². The number of ether oxygens (including phenoxy) is 2. The van der Waals surface area contributed by atoms with Crippen molar-refractivity contribution in [3.05, 3.63) is 24.3 Å². The van der Waals surface area contributed by atoms with Crippen LogP contribution in [0.1, 0.15) is 45.4 Å². The molecule has 0 saturated heterocycles. The summed E-state index contributed by atoms with van der Waals surface area (Å²) in [5.41, 5.74) is 0. The molecule has 0 aliphatic carbocycles. The van der Waals surface area contributed by atoms with Crippen molar-refractivity contribution in [1.29, 1.82) is 0 Å². The van der Waals surface area contributed by atoms with Crippen molar-refractivity contribution in [2.45, 2.75) is 45.4 Å². The summed E-state index contributed by atoms with van der Waals surface area (Å²) in [6, 6.07) is 7.78. The Labute approximate surface area is 116 Å². The highest BCUT2D eigenvalue weighted by Gasteiger charge is 1.96. The van der Waals surface area contributed by atoms with Gasteiger partial charge in [-0.05, 0) is 44.0 Å². The Balaban J connectivity index is 2.02. The van der Waals surface area contributed by atoms with Gasteiger partial charge in [0, 0.05) is 6.61 Å². The molecular formula is C16H26O3. The molecule has 0 saturated carbocycles. The second-order valence-corrected chi connectivity index (χ2v) is 4.60. The second kappa shape index (κ2) is 10.7. The molecule has 0 aromatic heterocycles. The number of hydrogen-bond acceptors (Lipinski definition) is 3. The first-order valence-corrected chi connectivity index (χ1v) is 7.33. The van der Waals surface area contributed by atoms with Crippen LogP contribution in [-0.2, 0) is 0 Å². The predicted octanol–water partition coefficient (Wildman–Crippen LogP) is 3.80. The second-order valence-electron chi connectivity index (χ2n) is 4.60. The zero-order valence-corrected chi connectivity index (χ0v) is 11.9. The van der Waals surface area contributed by atoms with E-state index in [1.807, 2.05) is 31.2 Å². The third-order valence-corrected chi connectivity index (χ3v) is 2.96. The maximum Gasteiger partial charge on any atom is 0.119 e. The van der Waals surface area contributed by atoms with E-state index in [2.05, 4.69) is 0 Å². The summed E-state index contributed by atoms with van der Waals surface area (Å²) < 4.78 is 11.0. The lowest BCUT2D eigenvalue weighted by Gasteiger charge is -2.07. The maximum absolute atomic E-state index is 8.66. The zero-order valence-electron chi connectivity index (χ0n) is 11.9. The summed E-state index contributed by atoms with van der Waals surface area (Å²) >= 11 is 0. The summed E-state index contributed by atoms with van der Waals surface area (Å²) in [6.45, 7) is 3.76. The standard InChI is InChI=1S/C16H26O3/c1-2-18-15-9-11-16(12-10-15)19-14-8-6-4-3-5-7-13-17/h9-12,17H,2-8,13-14H2,1H3. The van der Waals surface area contributed by atoms with E-state index in [-0.39, 0.29) is 0 Å². The zero-order chi connectivity index (χ0) is 13.8. The highest BCUT2D eigenvalue weighted by Crippen LogP contribution is 2.17. The molecule has 1 N–H and O–H groups in total. The minimum Gasteiger partial charge on any atom is -0.494 e. The fourth-order valence-corrected chi connectivity index (χ4v) is 1.91. The van der Waals surface area contributed by atoms with Crippen LogP contribution in [0.25, 0.3) is 0 Å². The molecule has 0 radical (unpaired) electrons. The Bertz CT molecular complexity index is 308. The smallest absolute Gasteiger partial charge is 0.119 e. The van der Waals surface area contributed by atoms with Gasteiger partial charge < -0.3 is 14.6 Å². The van der Waals surface area contributed by atoms with Gasteiger partial charge in [0.1, 0.15) is 11.5 Å². The van der Waals surface area contributed by atoms with Gasteiger partial charge in [0.05, 0.1) is 13.2 Å². The monoisotopic (exact) mass is 266 g/mol. The van der Waals surface area contributed by atoms with Crippen molar-refractivity contribution in [2.24, 2.45) is 0 Å². The number of benzene rings is 1. The summed E-state index contributed by atoms with van der Waals surface area (Å²) in [6.07, 6.45) is 6.80. The minimum absolute atomic E-state index is 0.320. The average Bonchev–Trinajstić information content (AvgIpc) is 2.44. The lowest BCUT2D eigenvalue weighted by atomic mass is 10.1. The largest absolute Gasteiger partial charge is 0.494 e. The van der Waals surface area contributed by atoms with Gasteiger partial charge in [-0.1, -0.05) is 25.7 Å². The van der Waals surface area contributed by atoms with Gasteiger partial charge >= 0.3 is 0 Å². The van der Waals surface area contributed by atoms with E-state index in [1.54, 1.807) is 0 Å². The highest BCUT2D eigenvalue weighted by molar-refractivity contribution is 5.31. The van der Waals surface area contributed by atoms with Crippen LogP contribution in [0.15, 0.2) is 24.3 Å². The fraction of sp³-hybridized carbons (Fsp3) is 0.625. The van der Waals surface area contributed by atoms with Crippen LogP contribution in [-0.4, -0.2) is 24.9 Å². The molecule has 1 aromatic carbocycles. The molecule has 0 amide bonds. The van der Waals surface area contributed by atoms with Crippen molar-refractivity contribution in [3.63, 3.8) is 0 Å². The lowest BCUT2D eigenvalue weighted by Crippen LogP contribution is -1.97. The highest BCUT2D eigenvalue weighted by atomic mass is 16.5. The van der Waals surface area contributed by atoms with E-state index in [0.29, 0.717) is 13.2 Å². The van der Waals surface area contributed by atoms with Gasteiger partial charge in [0.2, 0.25) is 0 Å². The van der Waals surface area contributed by atoms with Gasteiger partial charge in [-0.25, -0.2) is 0 Å². The predicted molar refractivity (Wildman–Crippen MR) is 77.9 cm³/mol. The Kier molecular flexibility index (Phi) is 8.90. The third kappa shape index (κ3) is 7.73. The first-order chi connectivity index (χ1) is 9.36. The maximum atomic E-state index is 8.66. The van der Waals surface area contributed by atoms with Crippen molar-refractivity contribution < 1.29 is 14.6 Å². The number of hydrogen-bond donors (Lipinski definition) is 1. The van der Waals surface area contributed by atoms with E-state index in [0.717, 1.165) is 37.4 Å². The molecule has 19 heavy (non-hydrogen) atoms. The topological polar surface area (TPSA) is 38.7 Å². The first-order valence-electron chi connectivity index (χ1n) is 7.33. The minimum atomic E-state index is 0.320. The molecule has 0 bridgehead atoms. The van der Waals surface area contributed by atoms with Crippen LogP contribution in [0, 0.1) is 0 Å². The van der Waals surface area contributed by atoms with Crippen LogP contribution >= 0.6 is 0 Å². The van der Waals surface area contributed by atoms with Crippen LogP contribution in [0.4, 0.5) is 0 Å².